The van der Waals surface area contributed by atoms with Gasteiger partial charge in [0, 0.05) is 55.7 Å². The van der Waals surface area contributed by atoms with Gasteiger partial charge < -0.3 is 18.7 Å². The molecule has 3 aromatic rings. The fourth-order valence-corrected chi connectivity index (χ4v) is 7.76. The molecule has 43 heavy (non-hydrogen) atoms. The van der Waals surface area contributed by atoms with E-state index in [1.807, 2.05) is 12.1 Å². The zero-order valence-corrected chi connectivity index (χ0v) is 25.1. The molecule has 3 heterocycles. The smallest absolute Gasteiger partial charge is 0.257 e. The van der Waals surface area contributed by atoms with Crippen molar-refractivity contribution in [2.75, 3.05) is 24.7 Å². The molecule has 6 aliphatic rings. The van der Waals surface area contributed by atoms with Crippen LogP contribution in [-0.2, 0) is 27.8 Å². The number of carbonyl (C=O) groups is 1. The summed E-state index contributed by atoms with van der Waals surface area (Å²) in [5, 5.41) is 8.59. The number of rotatable bonds is 11. The van der Waals surface area contributed by atoms with Crippen LogP contribution in [0.1, 0.15) is 101 Å². The first-order chi connectivity index (χ1) is 21.0. The molecule has 2 bridgehead atoms. The Morgan fingerprint density at radius 2 is 1.49 bits per heavy atom. The zero-order chi connectivity index (χ0) is 28.9. The lowest BCUT2D eigenvalue weighted by Gasteiger charge is -2.53. The number of hydrogen-bond acceptors (Lipinski definition) is 8. The van der Waals surface area contributed by atoms with Crippen LogP contribution in [0.4, 0.5) is 5.69 Å². The molecule has 9 nitrogen and oxygen atoms in total. The Kier molecular flexibility index (Phi) is 7.11. The van der Waals surface area contributed by atoms with E-state index < -0.39 is 0 Å². The molecule has 5 saturated carbocycles. The summed E-state index contributed by atoms with van der Waals surface area (Å²) in [4.78, 5) is 25.8. The maximum absolute atomic E-state index is 14.1. The van der Waals surface area contributed by atoms with E-state index in [9.17, 15) is 4.79 Å². The SMILES string of the molecule is O=C(CC1CCOCC1)N(CC12CCC(c3nc(CC4CC4)no3)(CC1)CC2)c1cccc(-c2nc(CC3CC3)no2)c1. The van der Waals surface area contributed by atoms with Crippen LogP contribution in [0.15, 0.2) is 33.3 Å². The highest BCUT2D eigenvalue weighted by Gasteiger charge is 2.53. The quantitative estimate of drug-likeness (QED) is 0.252. The molecule has 1 aromatic carbocycles. The van der Waals surface area contributed by atoms with Gasteiger partial charge in [0.15, 0.2) is 11.6 Å². The van der Waals surface area contributed by atoms with Crippen LogP contribution in [0.2, 0.25) is 0 Å². The van der Waals surface area contributed by atoms with Crippen molar-refractivity contribution in [2.24, 2.45) is 23.2 Å². The minimum Gasteiger partial charge on any atom is -0.381 e. The first-order valence-corrected chi connectivity index (χ1v) is 16.7. The van der Waals surface area contributed by atoms with Crippen LogP contribution in [0.25, 0.3) is 11.5 Å². The molecule has 2 aromatic heterocycles. The molecule has 0 unspecified atom stereocenters. The van der Waals surface area contributed by atoms with Crippen LogP contribution < -0.4 is 4.90 Å². The van der Waals surface area contributed by atoms with Gasteiger partial charge in [0.1, 0.15) is 0 Å². The third kappa shape index (κ3) is 5.89. The van der Waals surface area contributed by atoms with Gasteiger partial charge in [0.05, 0.1) is 0 Å². The van der Waals surface area contributed by atoms with Crippen LogP contribution >= 0.6 is 0 Å². The van der Waals surface area contributed by atoms with Crippen molar-refractivity contribution in [1.29, 1.82) is 0 Å². The minimum absolute atomic E-state index is 0.00351. The minimum atomic E-state index is 0.00351. The molecule has 0 atom stereocenters. The van der Waals surface area contributed by atoms with E-state index in [0.29, 0.717) is 24.1 Å². The van der Waals surface area contributed by atoms with E-state index in [1.54, 1.807) is 0 Å². The van der Waals surface area contributed by atoms with E-state index in [1.165, 1.54) is 25.7 Å². The highest BCUT2D eigenvalue weighted by molar-refractivity contribution is 5.94. The molecule has 1 amide bonds. The van der Waals surface area contributed by atoms with Crippen LogP contribution in [0.3, 0.4) is 0 Å². The first kappa shape index (κ1) is 27.5. The summed E-state index contributed by atoms with van der Waals surface area (Å²) < 4.78 is 17.1. The van der Waals surface area contributed by atoms with Crippen LogP contribution in [0.5, 0.6) is 0 Å². The van der Waals surface area contributed by atoms with E-state index in [0.717, 1.165) is 119 Å². The van der Waals surface area contributed by atoms with Gasteiger partial charge in [-0.2, -0.15) is 9.97 Å². The Morgan fingerprint density at radius 3 is 2.19 bits per heavy atom. The second-order valence-corrected chi connectivity index (χ2v) is 14.4. The summed E-state index contributed by atoms with van der Waals surface area (Å²) in [6.45, 7) is 2.23. The molecule has 228 valence electrons. The maximum Gasteiger partial charge on any atom is 0.257 e. The van der Waals surface area contributed by atoms with Gasteiger partial charge in [-0.1, -0.05) is 16.4 Å². The van der Waals surface area contributed by atoms with Gasteiger partial charge in [-0.15, -0.1) is 0 Å². The van der Waals surface area contributed by atoms with Crippen molar-refractivity contribution in [3.05, 3.63) is 41.8 Å². The molecule has 1 aliphatic heterocycles. The number of ether oxygens (including phenoxy) is 1. The normalized spacial score (nSPS) is 27.4. The summed E-state index contributed by atoms with van der Waals surface area (Å²) >= 11 is 0. The zero-order valence-electron chi connectivity index (χ0n) is 25.1. The average molecular weight is 586 g/mol. The largest absolute Gasteiger partial charge is 0.381 e. The second kappa shape index (κ2) is 11.1. The van der Waals surface area contributed by atoms with E-state index in [-0.39, 0.29) is 16.7 Å². The van der Waals surface area contributed by atoms with Gasteiger partial charge in [0.25, 0.3) is 5.89 Å². The van der Waals surface area contributed by atoms with Crippen molar-refractivity contribution in [2.45, 2.75) is 102 Å². The summed E-state index contributed by atoms with van der Waals surface area (Å²) in [6, 6.07) is 8.17. The monoisotopic (exact) mass is 585 g/mol. The molecule has 0 radical (unpaired) electrons. The van der Waals surface area contributed by atoms with Crippen molar-refractivity contribution < 1.29 is 18.6 Å². The van der Waals surface area contributed by atoms with Gasteiger partial charge in [-0.05, 0) is 118 Å². The predicted octanol–water partition coefficient (Wildman–Crippen LogP) is 6.47. The number of fused-ring (bicyclic) bond motifs is 3. The average Bonchev–Trinajstić information content (AvgIpc) is 3.94. The summed E-state index contributed by atoms with van der Waals surface area (Å²) in [5.74, 6) is 5.10. The first-order valence-electron chi connectivity index (χ1n) is 16.7. The Bertz CT molecular complexity index is 1430. The van der Waals surface area contributed by atoms with Crippen LogP contribution in [-0.4, -0.2) is 45.9 Å². The van der Waals surface area contributed by atoms with Gasteiger partial charge >= 0.3 is 0 Å². The third-order valence-electron chi connectivity index (χ3n) is 11.1. The highest BCUT2D eigenvalue weighted by atomic mass is 16.5. The van der Waals surface area contributed by atoms with Gasteiger partial charge in [-0.3, -0.25) is 4.79 Å². The molecule has 5 aliphatic carbocycles. The Hall–Kier alpha value is -3.07. The fraction of sp³-hybridized carbons (Fsp3) is 0.676. The van der Waals surface area contributed by atoms with Crippen molar-refractivity contribution >= 4 is 11.6 Å². The van der Waals surface area contributed by atoms with Crippen molar-refractivity contribution in [1.82, 2.24) is 20.3 Å². The molecular weight excluding hydrogens is 542 g/mol. The van der Waals surface area contributed by atoms with Crippen LogP contribution in [0, 0.1) is 23.2 Å². The van der Waals surface area contributed by atoms with Crippen molar-refractivity contribution in [3.8, 4) is 11.5 Å². The summed E-state index contributed by atoms with van der Waals surface area (Å²) in [6.07, 6.45) is 15.7. The van der Waals surface area contributed by atoms with Gasteiger partial charge in [0.2, 0.25) is 11.8 Å². The maximum atomic E-state index is 14.1. The Balaban J connectivity index is 1.02. The second-order valence-electron chi connectivity index (χ2n) is 14.4. The van der Waals surface area contributed by atoms with E-state index in [4.69, 9.17) is 23.8 Å². The number of carbonyl (C=O) groups excluding carboxylic acids is 1. The number of benzene rings is 1. The van der Waals surface area contributed by atoms with Crippen molar-refractivity contribution in [3.63, 3.8) is 0 Å². The molecule has 6 fully saturated rings. The van der Waals surface area contributed by atoms with Gasteiger partial charge in [-0.25, -0.2) is 0 Å². The molecule has 9 heteroatoms. The predicted molar refractivity (Wildman–Crippen MR) is 159 cm³/mol. The highest BCUT2D eigenvalue weighted by Crippen LogP contribution is 2.58. The number of aromatic nitrogens is 4. The summed E-state index contributed by atoms with van der Waals surface area (Å²) in [7, 11) is 0. The van der Waals surface area contributed by atoms with E-state index >= 15 is 0 Å². The number of anilines is 1. The lowest BCUT2D eigenvalue weighted by Crippen LogP contribution is -2.51. The molecule has 0 N–H and O–H groups in total. The molecule has 1 saturated heterocycles. The van der Waals surface area contributed by atoms with E-state index in [2.05, 4.69) is 27.3 Å². The number of nitrogens with zero attached hydrogens (tertiary/aromatic N) is 5. The standard InChI is InChI=1S/C34H43N5O4/c40-30(20-25-8-16-41-17-9-25)39(27-3-1-2-26(21-27)31-35-28(37-42-31)18-23-4-5-23)22-33-10-13-34(14-11-33,15-12-33)32-36-29(38-43-32)19-24-6-7-24/h1-3,21,23-25H,4-20,22H2. The number of amides is 1. The lowest BCUT2D eigenvalue weighted by molar-refractivity contribution is -0.121. The molecule has 9 rings (SSSR count). The third-order valence-corrected chi connectivity index (χ3v) is 11.1. The Morgan fingerprint density at radius 1 is 0.814 bits per heavy atom. The molecule has 0 spiro atoms. The summed E-state index contributed by atoms with van der Waals surface area (Å²) in [5.41, 5.74) is 1.90. The molecular formula is C34H43N5O4. The fourth-order valence-electron chi connectivity index (χ4n) is 7.76. The Labute approximate surface area is 253 Å². The topological polar surface area (TPSA) is 107 Å². The lowest BCUT2D eigenvalue weighted by atomic mass is 9.53. The number of hydrogen-bond donors (Lipinski definition) is 0.